The fourth-order valence-electron chi connectivity index (χ4n) is 2.56. The number of hydrogen-bond donors (Lipinski definition) is 1. The van der Waals surface area contributed by atoms with Gasteiger partial charge in [-0.05, 0) is 47.5 Å². The molecule has 5 heteroatoms. The molecule has 4 nitrogen and oxygen atoms in total. The molecule has 1 N–H and O–H groups in total. The van der Waals surface area contributed by atoms with Gasteiger partial charge >= 0.3 is 0 Å². The van der Waals surface area contributed by atoms with E-state index in [0.717, 1.165) is 11.1 Å². The molecule has 0 bridgehead atoms. The van der Waals surface area contributed by atoms with Gasteiger partial charge < -0.3 is 14.8 Å². The van der Waals surface area contributed by atoms with Gasteiger partial charge in [0, 0.05) is 12.1 Å². The maximum absolute atomic E-state index is 12.9. The molecule has 0 aliphatic heterocycles. The third-order valence-corrected chi connectivity index (χ3v) is 4.02. The zero-order valence-corrected chi connectivity index (χ0v) is 14.9. The Morgan fingerprint density at radius 3 is 2.37 bits per heavy atom. The summed E-state index contributed by atoms with van der Waals surface area (Å²) in [6, 6.07) is 20.8. The highest BCUT2D eigenvalue weighted by atomic mass is 19.1. The summed E-state index contributed by atoms with van der Waals surface area (Å²) in [7, 11) is 1.57. The lowest BCUT2D eigenvalue weighted by Gasteiger charge is -2.13. The van der Waals surface area contributed by atoms with E-state index in [4.69, 9.17) is 9.47 Å². The minimum absolute atomic E-state index is 0.265. The average molecular weight is 365 g/mol. The second-order valence-electron chi connectivity index (χ2n) is 5.95. The van der Waals surface area contributed by atoms with E-state index >= 15 is 0 Å². The number of rotatable bonds is 7. The number of halogens is 1. The van der Waals surface area contributed by atoms with Crippen LogP contribution < -0.4 is 14.8 Å². The summed E-state index contributed by atoms with van der Waals surface area (Å²) in [6.45, 7) is 0.767. The topological polar surface area (TPSA) is 47.6 Å². The fraction of sp³-hybridized carbons (Fsp3) is 0.136. The van der Waals surface area contributed by atoms with Gasteiger partial charge in [-0.15, -0.1) is 0 Å². The Kier molecular flexibility index (Phi) is 6.05. The van der Waals surface area contributed by atoms with Crippen LogP contribution in [0.4, 0.5) is 4.39 Å². The third-order valence-electron chi connectivity index (χ3n) is 4.02. The van der Waals surface area contributed by atoms with E-state index in [9.17, 15) is 9.18 Å². The summed E-state index contributed by atoms with van der Waals surface area (Å²) >= 11 is 0. The van der Waals surface area contributed by atoms with Gasteiger partial charge in [-0.2, -0.15) is 0 Å². The van der Waals surface area contributed by atoms with Crippen LogP contribution in [-0.2, 0) is 13.2 Å². The van der Waals surface area contributed by atoms with Crippen LogP contribution in [0.3, 0.4) is 0 Å². The van der Waals surface area contributed by atoms with Crippen molar-refractivity contribution in [1.29, 1.82) is 0 Å². The summed E-state index contributed by atoms with van der Waals surface area (Å²) in [5, 5.41) is 2.81. The van der Waals surface area contributed by atoms with Gasteiger partial charge in [0.1, 0.15) is 12.4 Å². The van der Waals surface area contributed by atoms with Crippen molar-refractivity contribution >= 4 is 5.91 Å². The monoisotopic (exact) mass is 365 g/mol. The minimum Gasteiger partial charge on any atom is -0.493 e. The molecule has 0 heterocycles. The molecule has 0 spiro atoms. The molecule has 0 atom stereocenters. The summed E-state index contributed by atoms with van der Waals surface area (Å²) in [5.74, 6) is 0.593. The van der Waals surface area contributed by atoms with Crippen molar-refractivity contribution in [2.24, 2.45) is 0 Å². The molecular formula is C22H20FNO3. The number of nitrogens with one attached hydrogen (secondary N) is 1. The molecule has 0 saturated carbocycles. The van der Waals surface area contributed by atoms with Crippen LogP contribution in [0.25, 0.3) is 0 Å². The second-order valence-corrected chi connectivity index (χ2v) is 5.95. The Hall–Kier alpha value is -3.34. The van der Waals surface area contributed by atoms with Crippen molar-refractivity contribution in [3.8, 4) is 11.5 Å². The van der Waals surface area contributed by atoms with Crippen LogP contribution in [0, 0.1) is 5.82 Å². The molecule has 27 heavy (non-hydrogen) atoms. The van der Waals surface area contributed by atoms with E-state index < -0.39 is 0 Å². The predicted molar refractivity (Wildman–Crippen MR) is 101 cm³/mol. The molecule has 138 valence electrons. The molecule has 3 aromatic carbocycles. The average Bonchev–Trinajstić information content (AvgIpc) is 2.72. The molecule has 3 rings (SSSR count). The molecule has 0 saturated heterocycles. The fourth-order valence-corrected chi connectivity index (χ4v) is 2.56. The normalized spacial score (nSPS) is 10.3. The second kappa shape index (κ2) is 8.85. The van der Waals surface area contributed by atoms with Crippen LogP contribution in [0.1, 0.15) is 21.5 Å². The number of methoxy groups -OCH3 is 1. The van der Waals surface area contributed by atoms with Gasteiger partial charge in [-0.1, -0.05) is 36.4 Å². The first kappa shape index (κ1) is 18.5. The highest BCUT2D eigenvalue weighted by Gasteiger charge is 2.09. The molecule has 0 fully saturated rings. The van der Waals surface area contributed by atoms with Gasteiger partial charge in [-0.3, -0.25) is 4.79 Å². The van der Waals surface area contributed by atoms with E-state index in [2.05, 4.69) is 5.32 Å². The minimum atomic E-state index is -0.373. The van der Waals surface area contributed by atoms with Gasteiger partial charge in [0.15, 0.2) is 11.5 Å². The number of ether oxygens (including phenoxy) is 2. The maximum atomic E-state index is 12.9. The van der Waals surface area contributed by atoms with Crippen LogP contribution in [-0.4, -0.2) is 13.0 Å². The molecule has 3 aromatic rings. The lowest BCUT2D eigenvalue weighted by Crippen LogP contribution is -2.22. The Morgan fingerprint density at radius 2 is 1.67 bits per heavy atom. The van der Waals surface area contributed by atoms with Gasteiger partial charge in [0.05, 0.1) is 7.11 Å². The lowest BCUT2D eigenvalue weighted by molar-refractivity contribution is 0.0951. The van der Waals surface area contributed by atoms with Crippen LogP contribution in [0.5, 0.6) is 11.5 Å². The van der Waals surface area contributed by atoms with Crippen LogP contribution in [0.2, 0.25) is 0 Å². The van der Waals surface area contributed by atoms with Gasteiger partial charge in [0.2, 0.25) is 0 Å². The Morgan fingerprint density at radius 1 is 0.926 bits per heavy atom. The number of amides is 1. The van der Waals surface area contributed by atoms with E-state index in [0.29, 0.717) is 30.2 Å². The summed E-state index contributed by atoms with van der Waals surface area (Å²) in [5.41, 5.74) is 2.34. The molecule has 1 amide bonds. The number of benzene rings is 3. The quantitative estimate of drug-likeness (QED) is 0.677. The largest absolute Gasteiger partial charge is 0.493 e. The highest BCUT2D eigenvalue weighted by molar-refractivity contribution is 5.94. The van der Waals surface area contributed by atoms with Gasteiger partial charge in [0.25, 0.3) is 5.91 Å². The highest BCUT2D eigenvalue weighted by Crippen LogP contribution is 2.28. The molecule has 0 radical (unpaired) electrons. The molecule has 0 aromatic heterocycles. The van der Waals surface area contributed by atoms with Crippen molar-refractivity contribution in [1.82, 2.24) is 5.32 Å². The Labute approximate surface area is 157 Å². The Bertz CT molecular complexity index is 895. The third kappa shape index (κ3) is 5.07. The zero-order chi connectivity index (χ0) is 19.1. The zero-order valence-electron chi connectivity index (χ0n) is 14.9. The van der Waals surface area contributed by atoms with E-state index in [1.807, 2.05) is 48.5 Å². The van der Waals surface area contributed by atoms with Crippen molar-refractivity contribution < 1.29 is 18.7 Å². The standard InChI is InChI=1S/C22H20FNO3/c1-26-21-13-17(14-24-22(25)18-8-10-19(23)11-9-18)7-12-20(21)27-15-16-5-3-2-4-6-16/h2-13H,14-15H2,1H3,(H,24,25). The summed E-state index contributed by atoms with van der Waals surface area (Å²) < 4.78 is 24.2. The van der Waals surface area contributed by atoms with Crippen molar-refractivity contribution in [3.05, 3.63) is 95.3 Å². The number of carbonyl (C=O) groups excluding carboxylic acids is 1. The Balaban J connectivity index is 1.61. The SMILES string of the molecule is COc1cc(CNC(=O)c2ccc(F)cc2)ccc1OCc1ccccc1. The van der Waals surface area contributed by atoms with Crippen LogP contribution in [0.15, 0.2) is 72.8 Å². The van der Waals surface area contributed by atoms with E-state index in [1.165, 1.54) is 24.3 Å². The number of hydrogen-bond acceptors (Lipinski definition) is 3. The first-order chi connectivity index (χ1) is 13.2. The van der Waals surface area contributed by atoms with Crippen LogP contribution >= 0.6 is 0 Å². The maximum Gasteiger partial charge on any atom is 0.251 e. The molecule has 0 aliphatic carbocycles. The number of carbonyl (C=O) groups is 1. The predicted octanol–water partition coefficient (Wildman–Crippen LogP) is 4.34. The van der Waals surface area contributed by atoms with Gasteiger partial charge in [-0.25, -0.2) is 4.39 Å². The van der Waals surface area contributed by atoms with Crippen molar-refractivity contribution in [2.45, 2.75) is 13.2 Å². The summed E-state index contributed by atoms with van der Waals surface area (Å²) in [4.78, 5) is 12.1. The summed E-state index contributed by atoms with van der Waals surface area (Å²) in [6.07, 6.45) is 0. The first-order valence-electron chi connectivity index (χ1n) is 8.53. The molecular weight excluding hydrogens is 345 g/mol. The smallest absolute Gasteiger partial charge is 0.251 e. The van der Waals surface area contributed by atoms with Crippen molar-refractivity contribution in [3.63, 3.8) is 0 Å². The van der Waals surface area contributed by atoms with Crippen molar-refractivity contribution in [2.75, 3.05) is 7.11 Å². The first-order valence-corrected chi connectivity index (χ1v) is 8.53. The molecule has 0 aliphatic rings. The van der Waals surface area contributed by atoms with E-state index in [1.54, 1.807) is 7.11 Å². The van der Waals surface area contributed by atoms with E-state index in [-0.39, 0.29) is 11.7 Å². The lowest BCUT2D eigenvalue weighted by atomic mass is 10.1. The molecule has 0 unspecified atom stereocenters.